The molecule has 2 aromatic heterocycles. The van der Waals surface area contributed by atoms with E-state index < -0.39 is 0 Å². The smallest absolute Gasteiger partial charge is 0.273 e. The van der Waals surface area contributed by atoms with Crippen molar-refractivity contribution in [2.45, 2.75) is 10.1 Å². The zero-order valence-electron chi connectivity index (χ0n) is 7.77. The summed E-state index contributed by atoms with van der Waals surface area (Å²) < 4.78 is 1.43. The Morgan fingerprint density at radius 1 is 1.60 bits per heavy atom. The first-order chi connectivity index (χ1) is 7.16. The van der Waals surface area contributed by atoms with Crippen molar-refractivity contribution in [3.63, 3.8) is 0 Å². The molecule has 0 spiro atoms. The molecule has 0 radical (unpaired) electrons. The first kappa shape index (κ1) is 10.3. The monoisotopic (exact) mass is 242 g/mol. The highest BCUT2D eigenvalue weighted by Gasteiger charge is 2.06. The van der Waals surface area contributed by atoms with Crippen molar-refractivity contribution < 1.29 is 0 Å². The fourth-order valence-corrected chi connectivity index (χ4v) is 2.04. The van der Waals surface area contributed by atoms with Gasteiger partial charge in [-0.3, -0.25) is 4.57 Å². The fraction of sp³-hybridized carbons (Fsp3) is 0.125. The lowest BCUT2D eigenvalue weighted by Gasteiger charge is -1.99. The molecule has 0 amide bonds. The number of hydrogen-bond acceptors (Lipinski definition) is 4. The largest absolute Gasteiger partial charge is 0.343 e. The highest BCUT2D eigenvalue weighted by Crippen LogP contribution is 2.25. The molecule has 0 aliphatic carbocycles. The normalized spacial score (nSPS) is 10.5. The molecular formula is C8H7ClN4OS. The molecule has 2 heterocycles. The van der Waals surface area contributed by atoms with Gasteiger partial charge in [0.1, 0.15) is 5.15 Å². The van der Waals surface area contributed by atoms with Crippen molar-refractivity contribution in [1.82, 2.24) is 19.7 Å². The maximum Gasteiger partial charge on any atom is 0.343 e. The third-order valence-corrected chi connectivity index (χ3v) is 2.99. The summed E-state index contributed by atoms with van der Waals surface area (Å²) in [6.45, 7) is 0. The van der Waals surface area contributed by atoms with Gasteiger partial charge in [0, 0.05) is 18.1 Å². The van der Waals surface area contributed by atoms with Crippen LogP contribution >= 0.6 is 23.4 Å². The van der Waals surface area contributed by atoms with Crippen molar-refractivity contribution in [1.29, 1.82) is 0 Å². The van der Waals surface area contributed by atoms with Crippen LogP contribution in [0.3, 0.4) is 0 Å². The van der Waals surface area contributed by atoms with Crippen LogP contribution in [0.25, 0.3) is 0 Å². The van der Waals surface area contributed by atoms with E-state index >= 15 is 0 Å². The molecule has 0 saturated carbocycles. The SMILES string of the molecule is Cn1c(Sc2ccnc(Cl)c2)n[nH]c1=O. The predicted molar refractivity (Wildman–Crippen MR) is 57.2 cm³/mol. The Balaban J connectivity index is 2.29. The zero-order chi connectivity index (χ0) is 10.8. The van der Waals surface area contributed by atoms with Crippen LogP contribution in [-0.4, -0.2) is 19.7 Å². The Morgan fingerprint density at radius 2 is 2.40 bits per heavy atom. The molecule has 15 heavy (non-hydrogen) atoms. The Bertz CT molecular complexity index is 535. The van der Waals surface area contributed by atoms with Gasteiger partial charge in [0.05, 0.1) is 0 Å². The second-order valence-electron chi connectivity index (χ2n) is 2.79. The van der Waals surface area contributed by atoms with E-state index in [0.29, 0.717) is 10.3 Å². The van der Waals surface area contributed by atoms with Gasteiger partial charge in [0.25, 0.3) is 0 Å². The molecule has 0 bridgehead atoms. The lowest BCUT2D eigenvalue weighted by atomic mass is 10.5. The number of aromatic nitrogens is 4. The van der Waals surface area contributed by atoms with Crippen molar-refractivity contribution in [3.8, 4) is 0 Å². The van der Waals surface area contributed by atoms with E-state index in [1.807, 2.05) is 0 Å². The Hall–Kier alpha value is -1.27. The number of halogens is 1. The number of aromatic amines is 1. The number of H-pyrrole nitrogens is 1. The molecule has 0 fully saturated rings. The summed E-state index contributed by atoms with van der Waals surface area (Å²) in [5.74, 6) is 0. The minimum absolute atomic E-state index is 0.238. The molecule has 5 nitrogen and oxygen atoms in total. The predicted octanol–water partition coefficient (Wildman–Crippen LogP) is 1.31. The van der Waals surface area contributed by atoms with Crippen molar-refractivity contribution in [2.24, 2.45) is 7.05 Å². The topological polar surface area (TPSA) is 63.6 Å². The second kappa shape index (κ2) is 4.08. The third-order valence-electron chi connectivity index (χ3n) is 1.75. The van der Waals surface area contributed by atoms with Crippen LogP contribution in [0.2, 0.25) is 5.15 Å². The van der Waals surface area contributed by atoms with E-state index in [0.717, 1.165) is 4.90 Å². The van der Waals surface area contributed by atoms with E-state index in [1.54, 1.807) is 25.4 Å². The highest BCUT2D eigenvalue weighted by molar-refractivity contribution is 7.99. The van der Waals surface area contributed by atoms with Crippen molar-refractivity contribution >= 4 is 23.4 Å². The van der Waals surface area contributed by atoms with Gasteiger partial charge in [0.15, 0.2) is 5.16 Å². The molecule has 2 rings (SSSR count). The summed E-state index contributed by atoms with van der Waals surface area (Å²) in [5.41, 5.74) is -0.238. The fourth-order valence-electron chi connectivity index (χ4n) is 0.977. The lowest BCUT2D eigenvalue weighted by Crippen LogP contribution is -2.12. The molecule has 7 heteroatoms. The zero-order valence-corrected chi connectivity index (χ0v) is 9.34. The van der Waals surface area contributed by atoms with Crippen LogP contribution in [-0.2, 0) is 7.05 Å². The summed E-state index contributed by atoms with van der Waals surface area (Å²) >= 11 is 7.08. The molecule has 0 saturated heterocycles. The van der Waals surface area contributed by atoms with Gasteiger partial charge >= 0.3 is 5.69 Å². The molecule has 2 aromatic rings. The summed E-state index contributed by atoms with van der Waals surface area (Å²) in [6.07, 6.45) is 1.61. The van der Waals surface area contributed by atoms with Crippen LogP contribution in [0.4, 0.5) is 0 Å². The number of rotatable bonds is 2. The van der Waals surface area contributed by atoms with Crippen LogP contribution in [0.5, 0.6) is 0 Å². The molecule has 1 N–H and O–H groups in total. The molecule has 78 valence electrons. The van der Waals surface area contributed by atoms with E-state index in [-0.39, 0.29) is 5.69 Å². The highest BCUT2D eigenvalue weighted by atomic mass is 35.5. The van der Waals surface area contributed by atoms with Crippen LogP contribution in [0, 0.1) is 0 Å². The minimum Gasteiger partial charge on any atom is -0.273 e. The second-order valence-corrected chi connectivity index (χ2v) is 4.21. The quantitative estimate of drug-likeness (QED) is 0.807. The Labute approximate surface area is 94.5 Å². The average Bonchev–Trinajstić information content (AvgIpc) is 2.50. The van der Waals surface area contributed by atoms with E-state index in [2.05, 4.69) is 15.2 Å². The first-order valence-electron chi connectivity index (χ1n) is 4.07. The van der Waals surface area contributed by atoms with Crippen molar-refractivity contribution in [2.75, 3.05) is 0 Å². The average molecular weight is 243 g/mol. The number of nitrogens with zero attached hydrogens (tertiary/aromatic N) is 3. The van der Waals surface area contributed by atoms with Gasteiger partial charge in [-0.05, 0) is 23.9 Å². The molecule has 0 aliphatic heterocycles. The number of pyridine rings is 1. The van der Waals surface area contributed by atoms with E-state index in [1.165, 1.54) is 16.3 Å². The lowest BCUT2D eigenvalue weighted by molar-refractivity contribution is 0.766. The molecular weight excluding hydrogens is 236 g/mol. The number of nitrogens with one attached hydrogen (secondary N) is 1. The molecule has 0 aromatic carbocycles. The van der Waals surface area contributed by atoms with E-state index in [9.17, 15) is 4.79 Å². The van der Waals surface area contributed by atoms with Gasteiger partial charge in [-0.1, -0.05) is 11.6 Å². The van der Waals surface area contributed by atoms with Gasteiger partial charge in [-0.2, -0.15) is 0 Å². The third kappa shape index (κ3) is 2.21. The standard InChI is InChI=1S/C8H7ClN4OS/c1-13-7(14)11-12-8(13)15-5-2-3-10-6(9)4-5/h2-4H,1H3,(H,11,14). The Morgan fingerprint density at radius 3 is 3.00 bits per heavy atom. The summed E-state index contributed by atoms with van der Waals surface area (Å²) in [6, 6.07) is 3.51. The van der Waals surface area contributed by atoms with Gasteiger partial charge in [-0.25, -0.2) is 14.9 Å². The summed E-state index contributed by atoms with van der Waals surface area (Å²) in [5, 5.41) is 7.23. The van der Waals surface area contributed by atoms with Crippen LogP contribution < -0.4 is 5.69 Å². The Kier molecular flexibility index (Phi) is 2.79. The van der Waals surface area contributed by atoms with Gasteiger partial charge < -0.3 is 0 Å². The molecule has 0 atom stereocenters. The maximum atomic E-state index is 11.1. The first-order valence-corrected chi connectivity index (χ1v) is 5.27. The van der Waals surface area contributed by atoms with Crippen molar-refractivity contribution in [3.05, 3.63) is 34.0 Å². The maximum absolute atomic E-state index is 11.1. The molecule has 0 aliphatic rings. The number of hydrogen-bond donors (Lipinski definition) is 1. The van der Waals surface area contributed by atoms with Gasteiger partial charge in [-0.15, -0.1) is 5.10 Å². The van der Waals surface area contributed by atoms with E-state index in [4.69, 9.17) is 11.6 Å². The van der Waals surface area contributed by atoms with Crippen LogP contribution in [0.1, 0.15) is 0 Å². The molecule has 0 unspecified atom stereocenters. The summed E-state index contributed by atoms with van der Waals surface area (Å²) in [7, 11) is 1.65. The van der Waals surface area contributed by atoms with Gasteiger partial charge in [0.2, 0.25) is 0 Å². The van der Waals surface area contributed by atoms with Crippen LogP contribution in [0.15, 0.2) is 33.2 Å². The minimum atomic E-state index is -0.238. The summed E-state index contributed by atoms with van der Waals surface area (Å²) in [4.78, 5) is 15.8.